The fourth-order valence-electron chi connectivity index (χ4n) is 3.34. The number of hydrazone groups is 1. The number of carbonyl (C=O) groups excluding carboxylic acids is 1. The van der Waals surface area contributed by atoms with Gasteiger partial charge in [0.15, 0.2) is 0 Å². The smallest absolute Gasteiger partial charge is 0.240 e. The molecule has 3 N–H and O–H groups in total. The number of hydrogen-bond acceptors (Lipinski definition) is 8. The molecular weight excluding hydrogens is 484 g/mol. The zero-order valence-corrected chi connectivity index (χ0v) is 21.2. The number of benzene rings is 2. The van der Waals surface area contributed by atoms with Crippen LogP contribution in [0.2, 0.25) is 5.02 Å². The molecule has 1 unspecified atom stereocenters. The minimum atomic E-state index is -0.651. The number of nitrogens with one attached hydrogen (secondary N) is 2. The Balaban J connectivity index is 1.42. The first-order valence-electron chi connectivity index (χ1n) is 11.8. The van der Waals surface area contributed by atoms with Gasteiger partial charge in [0, 0.05) is 37.9 Å². The maximum Gasteiger partial charge on any atom is 0.240 e. The Hall–Kier alpha value is -3.32. The molecule has 9 nitrogen and oxygen atoms in total. The van der Waals surface area contributed by atoms with Crippen LogP contribution < -0.4 is 25.0 Å². The predicted octanol–water partition coefficient (Wildman–Crippen LogP) is 3.41. The van der Waals surface area contributed by atoms with Gasteiger partial charge < -0.3 is 24.6 Å². The minimum absolute atomic E-state index is 0.0942. The Morgan fingerprint density at radius 2 is 1.89 bits per heavy atom. The van der Waals surface area contributed by atoms with Crippen LogP contribution in [0.5, 0.6) is 17.2 Å². The molecule has 0 bridgehead atoms. The third-order valence-electron chi connectivity index (χ3n) is 5.25. The highest BCUT2D eigenvalue weighted by Gasteiger charge is 2.15. The van der Waals surface area contributed by atoms with Gasteiger partial charge in [-0.05, 0) is 35.9 Å². The summed E-state index contributed by atoms with van der Waals surface area (Å²) in [5.74, 6) is 1.40. The van der Waals surface area contributed by atoms with E-state index in [9.17, 15) is 15.2 Å². The van der Waals surface area contributed by atoms with Crippen molar-refractivity contribution in [3.05, 3.63) is 52.5 Å². The lowest BCUT2D eigenvalue weighted by atomic mass is 10.0. The van der Waals surface area contributed by atoms with Crippen LogP contribution in [0.4, 0.5) is 0 Å². The molecule has 3 rings (SSSR count). The van der Waals surface area contributed by atoms with Crippen molar-refractivity contribution in [3.63, 3.8) is 0 Å². The van der Waals surface area contributed by atoms with Gasteiger partial charge in [-0.25, -0.2) is 5.43 Å². The molecule has 0 fully saturated rings. The van der Waals surface area contributed by atoms with Crippen molar-refractivity contribution < 1.29 is 24.1 Å². The van der Waals surface area contributed by atoms with Gasteiger partial charge in [0.2, 0.25) is 5.91 Å². The van der Waals surface area contributed by atoms with E-state index in [0.717, 1.165) is 11.3 Å². The summed E-state index contributed by atoms with van der Waals surface area (Å²) in [6, 6.07) is 12.8. The summed E-state index contributed by atoms with van der Waals surface area (Å²) in [4.78, 5) is 11.3. The molecule has 2 aromatic rings. The molecule has 36 heavy (non-hydrogen) atoms. The average Bonchev–Trinajstić information content (AvgIpc) is 2.87. The summed E-state index contributed by atoms with van der Waals surface area (Å²) in [5, 5.41) is 27.1. The van der Waals surface area contributed by atoms with E-state index in [1.165, 1.54) is 0 Å². The fraction of sp³-hybridized carbons (Fsp3) is 0.423. The molecule has 2 aromatic carbocycles. The maximum absolute atomic E-state index is 11.3. The van der Waals surface area contributed by atoms with Crippen molar-refractivity contribution in [1.29, 1.82) is 5.26 Å². The fourth-order valence-corrected chi connectivity index (χ4v) is 3.57. The van der Waals surface area contributed by atoms with E-state index in [-0.39, 0.29) is 18.6 Å². The first-order valence-corrected chi connectivity index (χ1v) is 12.2. The number of hydrogen-bond donors (Lipinski definition) is 3. The number of aliphatic hydroxyl groups is 1. The summed E-state index contributed by atoms with van der Waals surface area (Å²) < 4.78 is 17.1. The second-order valence-corrected chi connectivity index (χ2v) is 8.99. The minimum Gasteiger partial charge on any atom is -0.492 e. The molecule has 1 aliphatic rings. The van der Waals surface area contributed by atoms with E-state index in [4.69, 9.17) is 25.8 Å². The largest absolute Gasteiger partial charge is 0.492 e. The van der Waals surface area contributed by atoms with Crippen LogP contribution in [0.1, 0.15) is 44.2 Å². The van der Waals surface area contributed by atoms with E-state index in [1.54, 1.807) is 30.3 Å². The standard InChI is InChI=1S/C26H31ClN4O5/c1-17(2)29-15-20(32)16-36-21-5-8-24(19(12-21)14-28)34-10-3-11-35-25-7-4-18(13-22(25)27)23-6-9-26(33)31-30-23/h4-5,7-8,12-13,17,20,29,32H,3,6,9-11,15-16H2,1-2H3,(H,31,33). The third kappa shape index (κ3) is 8.41. The van der Waals surface area contributed by atoms with Gasteiger partial charge in [-0.15, -0.1) is 0 Å². The van der Waals surface area contributed by atoms with Crippen LogP contribution in [0, 0.1) is 11.3 Å². The van der Waals surface area contributed by atoms with E-state index in [2.05, 4.69) is 21.9 Å². The van der Waals surface area contributed by atoms with Crippen molar-refractivity contribution in [1.82, 2.24) is 10.7 Å². The molecule has 192 valence electrons. The predicted molar refractivity (Wildman–Crippen MR) is 137 cm³/mol. The third-order valence-corrected chi connectivity index (χ3v) is 5.54. The van der Waals surface area contributed by atoms with Gasteiger partial charge in [-0.2, -0.15) is 10.4 Å². The number of nitriles is 1. The van der Waals surface area contributed by atoms with E-state index < -0.39 is 6.10 Å². The van der Waals surface area contributed by atoms with Gasteiger partial charge in [0.1, 0.15) is 36.0 Å². The van der Waals surface area contributed by atoms with Crippen molar-refractivity contribution in [3.8, 4) is 23.3 Å². The van der Waals surface area contributed by atoms with Gasteiger partial charge in [-0.1, -0.05) is 25.4 Å². The molecule has 0 aliphatic carbocycles. The number of halogens is 1. The molecule has 10 heteroatoms. The lowest BCUT2D eigenvalue weighted by molar-refractivity contribution is -0.121. The van der Waals surface area contributed by atoms with Crippen LogP contribution >= 0.6 is 11.6 Å². The molecule has 1 atom stereocenters. The monoisotopic (exact) mass is 514 g/mol. The SMILES string of the molecule is CC(C)NCC(O)COc1ccc(OCCCOc2ccc(C3=NNC(=O)CC3)cc2Cl)c(C#N)c1. The van der Waals surface area contributed by atoms with Gasteiger partial charge >= 0.3 is 0 Å². The number of amides is 1. The van der Waals surface area contributed by atoms with Crippen molar-refractivity contribution >= 4 is 23.2 Å². The van der Waals surface area contributed by atoms with Gasteiger partial charge in [0.05, 0.1) is 29.5 Å². The van der Waals surface area contributed by atoms with Gasteiger partial charge in [-0.3, -0.25) is 4.79 Å². The molecular formula is C26H31ClN4O5. The molecule has 1 amide bonds. The van der Waals surface area contributed by atoms with Crippen LogP contribution in [0.3, 0.4) is 0 Å². The molecule has 1 heterocycles. The number of rotatable bonds is 13. The Kier molecular flexibility index (Phi) is 10.4. The highest BCUT2D eigenvalue weighted by atomic mass is 35.5. The van der Waals surface area contributed by atoms with Crippen molar-refractivity contribution in [2.75, 3.05) is 26.4 Å². The molecule has 0 spiro atoms. The van der Waals surface area contributed by atoms with Gasteiger partial charge in [0.25, 0.3) is 0 Å². The molecule has 0 saturated heterocycles. The number of ether oxygens (including phenoxy) is 3. The molecule has 0 radical (unpaired) electrons. The van der Waals surface area contributed by atoms with Crippen molar-refractivity contribution in [2.24, 2.45) is 5.10 Å². The second-order valence-electron chi connectivity index (χ2n) is 8.59. The van der Waals surface area contributed by atoms with E-state index in [1.807, 2.05) is 19.9 Å². The van der Waals surface area contributed by atoms with Crippen LogP contribution in [-0.2, 0) is 4.79 Å². The highest BCUT2D eigenvalue weighted by Crippen LogP contribution is 2.27. The maximum atomic E-state index is 11.3. The Labute approximate surface area is 216 Å². The lowest BCUT2D eigenvalue weighted by Gasteiger charge is -2.16. The Morgan fingerprint density at radius 1 is 1.14 bits per heavy atom. The van der Waals surface area contributed by atoms with Crippen LogP contribution in [0.15, 0.2) is 41.5 Å². The van der Waals surface area contributed by atoms with Crippen molar-refractivity contribution in [2.45, 2.75) is 45.3 Å². The molecule has 1 aliphatic heterocycles. The zero-order valence-electron chi connectivity index (χ0n) is 20.4. The quantitative estimate of drug-likeness (QED) is 0.350. The number of nitrogens with zero attached hydrogens (tertiary/aromatic N) is 2. The summed E-state index contributed by atoms with van der Waals surface area (Å²) in [5.41, 5.74) is 4.45. The summed E-state index contributed by atoms with van der Waals surface area (Å²) >= 11 is 6.35. The topological polar surface area (TPSA) is 125 Å². The molecule has 0 saturated carbocycles. The summed E-state index contributed by atoms with van der Waals surface area (Å²) in [6.45, 7) is 5.28. The first kappa shape index (κ1) is 27.3. The highest BCUT2D eigenvalue weighted by molar-refractivity contribution is 6.32. The normalized spacial score (nSPS) is 14.0. The summed E-state index contributed by atoms with van der Waals surface area (Å²) in [6.07, 6.45) is 0.892. The summed E-state index contributed by atoms with van der Waals surface area (Å²) in [7, 11) is 0. The van der Waals surface area contributed by atoms with Crippen LogP contribution in [0.25, 0.3) is 0 Å². The number of aliphatic hydroxyl groups excluding tert-OH is 1. The Morgan fingerprint density at radius 3 is 2.56 bits per heavy atom. The van der Waals surface area contributed by atoms with E-state index in [0.29, 0.717) is 66.9 Å². The zero-order chi connectivity index (χ0) is 25.9. The van der Waals surface area contributed by atoms with E-state index >= 15 is 0 Å². The Bertz CT molecular complexity index is 1120. The van der Waals surface area contributed by atoms with Crippen LogP contribution in [-0.4, -0.2) is 55.2 Å². The number of carbonyl (C=O) groups is 1. The first-order chi connectivity index (χ1) is 17.4. The molecule has 0 aromatic heterocycles. The average molecular weight is 515 g/mol. The second kappa shape index (κ2) is 13.7. The lowest BCUT2D eigenvalue weighted by Crippen LogP contribution is -2.35.